The second-order valence-electron chi connectivity index (χ2n) is 24.2. The number of hydrogen-bond acceptors (Lipinski definition) is 5. The summed E-state index contributed by atoms with van der Waals surface area (Å²) in [6.07, 6.45) is 84.8. The van der Waals surface area contributed by atoms with Crippen molar-refractivity contribution in [1.82, 2.24) is 5.32 Å². The van der Waals surface area contributed by atoms with Crippen molar-refractivity contribution < 1.29 is 32.9 Å². The van der Waals surface area contributed by atoms with Crippen LogP contribution >= 0.6 is 7.82 Å². The van der Waals surface area contributed by atoms with Crippen molar-refractivity contribution in [2.75, 3.05) is 40.9 Å². The van der Waals surface area contributed by atoms with Crippen LogP contribution in [0.4, 0.5) is 0 Å². The van der Waals surface area contributed by atoms with E-state index in [1.54, 1.807) is 6.08 Å². The molecule has 0 aromatic carbocycles. The van der Waals surface area contributed by atoms with Gasteiger partial charge in [0.1, 0.15) is 13.2 Å². The molecule has 79 heavy (non-hydrogen) atoms. The van der Waals surface area contributed by atoms with E-state index in [-0.39, 0.29) is 19.1 Å². The first-order chi connectivity index (χ1) is 38.5. The number of hydrogen-bond donors (Lipinski definition) is 3. The lowest BCUT2D eigenvalue weighted by Gasteiger charge is -2.25. The Kier molecular flexibility index (Phi) is 59.0. The first-order valence-electron chi connectivity index (χ1n) is 33.8. The molecule has 0 rings (SSSR count). The minimum Gasteiger partial charge on any atom is -0.387 e. The molecule has 9 heteroatoms. The Hall–Kier alpha value is -2.06. The predicted molar refractivity (Wildman–Crippen MR) is 346 cm³/mol. The molecule has 0 aliphatic rings. The van der Waals surface area contributed by atoms with Crippen LogP contribution in [-0.2, 0) is 18.4 Å². The van der Waals surface area contributed by atoms with Crippen LogP contribution in [0.25, 0.3) is 0 Å². The lowest BCUT2D eigenvalue weighted by Crippen LogP contribution is -2.45. The molecule has 0 bridgehead atoms. The van der Waals surface area contributed by atoms with Gasteiger partial charge in [-0.1, -0.05) is 311 Å². The van der Waals surface area contributed by atoms with Crippen molar-refractivity contribution in [2.45, 2.75) is 328 Å². The zero-order chi connectivity index (χ0) is 57.7. The fourth-order valence-corrected chi connectivity index (χ4v) is 10.7. The number of unbranched alkanes of at least 4 members (excludes halogenated alkanes) is 39. The second kappa shape index (κ2) is 60.5. The van der Waals surface area contributed by atoms with Gasteiger partial charge in [-0.2, -0.15) is 0 Å². The number of aliphatic hydroxyl groups excluding tert-OH is 1. The highest BCUT2D eigenvalue weighted by atomic mass is 31.2. The topological polar surface area (TPSA) is 105 Å². The van der Waals surface area contributed by atoms with E-state index >= 15 is 0 Å². The average molecular weight is 1130 g/mol. The van der Waals surface area contributed by atoms with Crippen molar-refractivity contribution in [1.29, 1.82) is 0 Å². The number of allylic oxidation sites excluding steroid dienone is 11. The fraction of sp³-hybridized carbons (Fsp3) is 0.814. The molecule has 8 nitrogen and oxygen atoms in total. The standard InChI is InChI=1S/C70H131N2O6P/c1-6-8-10-12-14-16-18-20-22-24-26-28-29-30-31-32-33-34-35-36-37-38-39-40-41-42-43-44-46-48-50-52-54-56-58-60-62-64-70(74)71-68(67-78-79(75,76)77-66-65-72(3,4)5)69(73)63-61-59-57-55-53-51-49-47-45-27-25-23-21-19-17-15-13-11-9-7-2/h8,10,14,16,20,22,26,28,53,55,61,63,68-69,73H,6-7,9,11-13,15,17-19,21,23-25,27,29-52,54,56-60,62,64-67H2,1-5H3,(H-,71,74,75,76)/p+1/b10-8-,16-14-,22-20-,28-26-,55-53+,63-61+. The van der Waals surface area contributed by atoms with E-state index in [1.807, 2.05) is 27.2 Å². The second-order valence-corrected chi connectivity index (χ2v) is 25.6. The number of phosphoric acid groups is 1. The molecular weight excluding hydrogens is 996 g/mol. The third kappa shape index (κ3) is 63.4. The molecular formula is C70H132N2O6P+. The Balaban J connectivity index is 4.01. The van der Waals surface area contributed by atoms with E-state index < -0.39 is 20.0 Å². The molecule has 1 amide bonds. The molecule has 0 radical (unpaired) electrons. The van der Waals surface area contributed by atoms with Gasteiger partial charge in [0, 0.05) is 6.42 Å². The van der Waals surface area contributed by atoms with Gasteiger partial charge in [-0.25, -0.2) is 4.57 Å². The predicted octanol–water partition coefficient (Wildman–Crippen LogP) is 21.4. The van der Waals surface area contributed by atoms with Gasteiger partial charge in [0.25, 0.3) is 0 Å². The maximum atomic E-state index is 13.0. The Bertz CT molecular complexity index is 1520. The van der Waals surface area contributed by atoms with E-state index in [4.69, 9.17) is 9.05 Å². The number of aliphatic hydroxyl groups is 1. The summed E-state index contributed by atoms with van der Waals surface area (Å²) >= 11 is 0. The summed E-state index contributed by atoms with van der Waals surface area (Å²) < 4.78 is 23.8. The van der Waals surface area contributed by atoms with Gasteiger partial charge >= 0.3 is 7.82 Å². The Morgan fingerprint density at radius 3 is 1.16 bits per heavy atom. The quantitative estimate of drug-likeness (QED) is 0.0243. The first kappa shape index (κ1) is 76.9. The van der Waals surface area contributed by atoms with Gasteiger partial charge in [0.05, 0.1) is 39.9 Å². The maximum Gasteiger partial charge on any atom is 0.472 e. The van der Waals surface area contributed by atoms with Gasteiger partial charge in [-0.15, -0.1) is 0 Å². The van der Waals surface area contributed by atoms with Crippen molar-refractivity contribution in [3.63, 3.8) is 0 Å². The summed E-state index contributed by atoms with van der Waals surface area (Å²) in [5.41, 5.74) is 0. The maximum absolute atomic E-state index is 13.0. The molecule has 3 atom stereocenters. The van der Waals surface area contributed by atoms with Crippen LogP contribution in [0.1, 0.15) is 316 Å². The highest BCUT2D eigenvalue weighted by Gasteiger charge is 2.28. The number of nitrogens with zero attached hydrogens (tertiary/aromatic N) is 1. The van der Waals surface area contributed by atoms with E-state index in [1.165, 1.54) is 231 Å². The molecule has 462 valence electrons. The molecule has 3 N–H and O–H groups in total. The lowest BCUT2D eigenvalue weighted by molar-refractivity contribution is -0.870. The van der Waals surface area contributed by atoms with E-state index in [2.05, 4.69) is 79.9 Å². The fourth-order valence-electron chi connectivity index (χ4n) is 9.94. The highest BCUT2D eigenvalue weighted by Crippen LogP contribution is 2.43. The minimum atomic E-state index is -4.36. The molecule has 0 heterocycles. The highest BCUT2D eigenvalue weighted by molar-refractivity contribution is 7.47. The number of likely N-dealkylation sites (N-methyl/N-ethyl adjacent to an activating group) is 1. The van der Waals surface area contributed by atoms with Gasteiger partial charge in [-0.05, 0) is 70.6 Å². The van der Waals surface area contributed by atoms with Crippen molar-refractivity contribution in [3.05, 3.63) is 72.9 Å². The Labute approximate surface area is 491 Å². The Morgan fingerprint density at radius 1 is 0.443 bits per heavy atom. The van der Waals surface area contributed by atoms with Gasteiger partial charge in [0.15, 0.2) is 0 Å². The number of phosphoric ester groups is 1. The number of carbonyl (C=O) groups excluding carboxylic acids is 1. The lowest BCUT2D eigenvalue weighted by atomic mass is 10.0. The number of rotatable bonds is 62. The van der Waals surface area contributed by atoms with E-state index in [9.17, 15) is 19.4 Å². The summed E-state index contributed by atoms with van der Waals surface area (Å²) in [5.74, 6) is -0.182. The molecule has 0 aromatic rings. The number of nitrogens with one attached hydrogen (secondary N) is 1. The van der Waals surface area contributed by atoms with Crippen molar-refractivity contribution >= 4 is 13.7 Å². The van der Waals surface area contributed by atoms with Crippen LogP contribution < -0.4 is 5.32 Å². The van der Waals surface area contributed by atoms with E-state index in [0.29, 0.717) is 17.4 Å². The summed E-state index contributed by atoms with van der Waals surface area (Å²) in [5, 5.41) is 14.0. The SMILES string of the molecule is CC/C=C\C/C=C\C/C=C\C/C=C\CCCCCCCCCCCCCCCCCCCCCCCCCCC(=O)NC(COP(=O)(O)OCC[N+](C)(C)C)C(O)/C=C/CC/C=C/CCCCCCCCCCCCCCCC. The molecule has 0 aliphatic heterocycles. The average Bonchev–Trinajstić information content (AvgIpc) is 3.42. The van der Waals surface area contributed by atoms with Gasteiger partial charge < -0.3 is 19.8 Å². The minimum absolute atomic E-state index is 0.0564. The molecule has 0 fully saturated rings. The first-order valence-corrected chi connectivity index (χ1v) is 35.3. The Morgan fingerprint density at radius 2 is 0.772 bits per heavy atom. The van der Waals surface area contributed by atoms with Gasteiger partial charge in [-0.3, -0.25) is 13.8 Å². The van der Waals surface area contributed by atoms with E-state index in [0.717, 1.165) is 64.2 Å². The molecule has 3 unspecified atom stereocenters. The third-order valence-electron chi connectivity index (χ3n) is 15.2. The van der Waals surface area contributed by atoms with Crippen molar-refractivity contribution in [3.8, 4) is 0 Å². The van der Waals surface area contributed by atoms with Gasteiger partial charge in [0.2, 0.25) is 5.91 Å². The van der Waals surface area contributed by atoms with Crippen LogP contribution in [0, 0.1) is 0 Å². The molecule has 0 spiro atoms. The monoisotopic (exact) mass is 1130 g/mol. The van der Waals surface area contributed by atoms with Crippen molar-refractivity contribution in [2.24, 2.45) is 0 Å². The molecule has 0 aliphatic carbocycles. The zero-order valence-corrected chi connectivity index (χ0v) is 53.8. The number of carbonyl (C=O) groups is 1. The summed E-state index contributed by atoms with van der Waals surface area (Å²) in [6.45, 7) is 4.72. The normalized spacial score (nSPS) is 14.2. The van der Waals surface area contributed by atoms with Crippen LogP contribution in [0.3, 0.4) is 0 Å². The van der Waals surface area contributed by atoms with Crippen LogP contribution in [-0.4, -0.2) is 73.4 Å². The number of amides is 1. The molecule has 0 saturated heterocycles. The van der Waals surface area contributed by atoms with Crippen LogP contribution in [0.15, 0.2) is 72.9 Å². The molecule has 0 aromatic heterocycles. The summed E-state index contributed by atoms with van der Waals surface area (Å²) in [4.78, 5) is 23.4. The van der Waals surface area contributed by atoms with Crippen LogP contribution in [0.5, 0.6) is 0 Å². The largest absolute Gasteiger partial charge is 0.472 e. The smallest absolute Gasteiger partial charge is 0.387 e. The molecule has 0 saturated carbocycles. The van der Waals surface area contributed by atoms with Crippen LogP contribution in [0.2, 0.25) is 0 Å². The summed E-state index contributed by atoms with van der Waals surface area (Å²) in [7, 11) is 1.56. The zero-order valence-electron chi connectivity index (χ0n) is 52.9. The third-order valence-corrected chi connectivity index (χ3v) is 16.1. The number of quaternary nitrogens is 1. The summed E-state index contributed by atoms with van der Waals surface area (Å²) in [6, 6.07) is -0.865.